The third-order valence-corrected chi connectivity index (χ3v) is 7.39. The monoisotopic (exact) mass is 394 g/mol. The quantitative estimate of drug-likeness (QED) is 0.785. The Balaban J connectivity index is 1.63. The number of hydrogen-bond acceptors (Lipinski definition) is 4. The van der Waals surface area contributed by atoms with E-state index in [1.165, 1.54) is 9.21 Å². The number of carbonyl (C=O) groups is 1. The van der Waals surface area contributed by atoms with Gasteiger partial charge in [-0.05, 0) is 23.6 Å². The lowest BCUT2D eigenvalue weighted by molar-refractivity contribution is 0.0172. The summed E-state index contributed by atoms with van der Waals surface area (Å²) in [5, 5.41) is 1.95. The number of benzene rings is 2. The molecule has 0 unspecified atom stereocenters. The number of nitrogens with zero attached hydrogens (tertiary/aromatic N) is 2. The predicted molar refractivity (Wildman–Crippen MR) is 98.8 cm³/mol. The van der Waals surface area contributed by atoms with Gasteiger partial charge in [0.15, 0.2) is 0 Å². The number of amides is 1. The van der Waals surface area contributed by atoms with Crippen LogP contribution >= 0.6 is 11.6 Å². The molecule has 4 rings (SSSR count). The Morgan fingerprint density at radius 2 is 1.88 bits per heavy atom. The molecule has 2 fully saturated rings. The van der Waals surface area contributed by atoms with E-state index in [1.54, 1.807) is 31.3 Å². The molecule has 2 saturated heterocycles. The van der Waals surface area contributed by atoms with Crippen molar-refractivity contribution in [1.82, 2.24) is 9.21 Å². The van der Waals surface area contributed by atoms with Gasteiger partial charge in [-0.15, -0.1) is 0 Å². The van der Waals surface area contributed by atoms with Gasteiger partial charge in [-0.1, -0.05) is 29.8 Å². The number of rotatable bonds is 2. The standard InChI is InChI=1S/C18H19ClN2O4S/c1-20-12-18(25-17(20)22)7-9-21(10-8-18)26(23,24)16-4-2-3-13-5-6-14(19)11-15(13)16/h2-6,11H,7-10,12H2,1H3. The normalized spacial score (nSPS) is 20.7. The second-order valence-electron chi connectivity index (χ2n) is 6.93. The van der Waals surface area contributed by atoms with E-state index in [0.29, 0.717) is 42.9 Å². The molecule has 26 heavy (non-hydrogen) atoms. The first-order chi connectivity index (χ1) is 12.3. The SMILES string of the molecule is CN1CC2(CCN(S(=O)(=O)c3cccc4ccc(Cl)cc34)CC2)OC1=O. The summed E-state index contributed by atoms with van der Waals surface area (Å²) >= 11 is 6.07. The summed E-state index contributed by atoms with van der Waals surface area (Å²) in [5.74, 6) is 0. The van der Waals surface area contributed by atoms with Gasteiger partial charge >= 0.3 is 6.09 Å². The lowest BCUT2D eigenvalue weighted by Gasteiger charge is -2.36. The topological polar surface area (TPSA) is 66.9 Å². The van der Waals surface area contributed by atoms with Crippen LogP contribution in [0.3, 0.4) is 0 Å². The molecule has 0 bridgehead atoms. The van der Waals surface area contributed by atoms with Crippen molar-refractivity contribution in [3.8, 4) is 0 Å². The second kappa shape index (κ2) is 6.11. The third kappa shape index (κ3) is 2.84. The molecule has 2 heterocycles. The Hall–Kier alpha value is -1.83. The minimum atomic E-state index is -3.66. The zero-order valence-electron chi connectivity index (χ0n) is 14.3. The van der Waals surface area contributed by atoms with Crippen LogP contribution in [-0.4, -0.2) is 56.0 Å². The molecule has 2 aromatic rings. The van der Waals surface area contributed by atoms with Crippen molar-refractivity contribution in [3.05, 3.63) is 41.4 Å². The van der Waals surface area contributed by atoms with Crippen LogP contribution in [-0.2, 0) is 14.8 Å². The van der Waals surface area contributed by atoms with Crippen LogP contribution in [0.4, 0.5) is 4.79 Å². The number of likely N-dealkylation sites (N-methyl/N-ethyl adjacent to an activating group) is 1. The van der Waals surface area contributed by atoms with Crippen molar-refractivity contribution in [2.45, 2.75) is 23.3 Å². The molecular weight excluding hydrogens is 376 g/mol. The molecule has 1 spiro atoms. The summed E-state index contributed by atoms with van der Waals surface area (Å²) in [6.45, 7) is 1.14. The minimum Gasteiger partial charge on any atom is -0.441 e. The van der Waals surface area contributed by atoms with Gasteiger partial charge in [0, 0.05) is 43.4 Å². The van der Waals surface area contributed by atoms with Crippen molar-refractivity contribution >= 4 is 38.5 Å². The van der Waals surface area contributed by atoms with Gasteiger partial charge in [-0.25, -0.2) is 13.2 Å². The van der Waals surface area contributed by atoms with Crippen molar-refractivity contribution in [2.24, 2.45) is 0 Å². The Bertz CT molecular complexity index is 984. The molecule has 2 aliphatic rings. The number of ether oxygens (including phenoxy) is 1. The van der Waals surface area contributed by atoms with E-state index >= 15 is 0 Å². The molecule has 138 valence electrons. The first kappa shape index (κ1) is 17.6. The lowest BCUT2D eigenvalue weighted by atomic mass is 9.92. The van der Waals surface area contributed by atoms with Crippen LogP contribution < -0.4 is 0 Å². The average molecular weight is 395 g/mol. The highest BCUT2D eigenvalue weighted by atomic mass is 35.5. The molecule has 2 aromatic carbocycles. The first-order valence-electron chi connectivity index (χ1n) is 8.43. The molecule has 2 aliphatic heterocycles. The summed E-state index contributed by atoms with van der Waals surface area (Å²) in [7, 11) is -1.96. The smallest absolute Gasteiger partial charge is 0.410 e. The summed E-state index contributed by atoms with van der Waals surface area (Å²) in [6, 6.07) is 10.5. The molecule has 8 heteroatoms. The molecule has 1 amide bonds. The fraction of sp³-hybridized carbons (Fsp3) is 0.389. The van der Waals surface area contributed by atoms with Gasteiger partial charge < -0.3 is 9.64 Å². The Morgan fingerprint density at radius 3 is 2.54 bits per heavy atom. The maximum atomic E-state index is 13.2. The maximum absolute atomic E-state index is 13.2. The second-order valence-corrected chi connectivity index (χ2v) is 9.28. The van der Waals surface area contributed by atoms with Crippen molar-refractivity contribution in [1.29, 1.82) is 0 Å². The fourth-order valence-electron chi connectivity index (χ4n) is 3.77. The number of hydrogen-bond donors (Lipinski definition) is 0. The lowest BCUT2D eigenvalue weighted by Crippen LogP contribution is -2.48. The van der Waals surface area contributed by atoms with Crippen molar-refractivity contribution < 1.29 is 17.9 Å². The highest BCUT2D eigenvalue weighted by Gasteiger charge is 2.47. The van der Waals surface area contributed by atoms with Gasteiger partial charge in [-0.2, -0.15) is 4.31 Å². The molecule has 0 saturated carbocycles. The van der Waals surface area contributed by atoms with Crippen LogP contribution in [0.15, 0.2) is 41.3 Å². The van der Waals surface area contributed by atoms with Gasteiger partial charge in [0.25, 0.3) is 0 Å². The van der Waals surface area contributed by atoms with E-state index < -0.39 is 15.6 Å². The zero-order chi connectivity index (χ0) is 18.5. The molecule has 6 nitrogen and oxygen atoms in total. The Morgan fingerprint density at radius 1 is 1.15 bits per heavy atom. The van der Waals surface area contributed by atoms with Crippen molar-refractivity contribution in [2.75, 3.05) is 26.7 Å². The van der Waals surface area contributed by atoms with Crippen molar-refractivity contribution in [3.63, 3.8) is 0 Å². The minimum absolute atomic E-state index is 0.258. The van der Waals surface area contributed by atoms with Crippen LogP contribution in [0, 0.1) is 0 Å². The fourth-order valence-corrected chi connectivity index (χ4v) is 5.59. The van der Waals surface area contributed by atoms with Crippen LogP contribution in [0.25, 0.3) is 10.8 Å². The Labute approximate surface area is 157 Å². The Kier molecular flexibility index (Phi) is 4.13. The number of fused-ring (bicyclic) bond motifs is 1. The molecular formula is C18H19ClN2O4S. The number of piperidine rings is 1. The van der Waals surface area contributed by atoms with Crippen LogP contribution in [0.5, 0.6) is 0 Å². The van der Waals surface area contributed by atoms with E-state index in [1.807, 2.05) is 12.1 Å². The van der Waals surface area contributed by atoms with Gasteiger partial charge in [-0.3, -0.25) is 0 Å². The summed E-state index contributed by atoms with van der Waals surface area (Å²) in [5.41, 5.74) is -0.570. The highest BCUT2D eigenvalue weighted by Crippen LogP contribution is 2.35. The number of halogens is 1. The number of sulfonamides is 1. The van der Waals surface area contributed by atoms with E-state index in [4.69, 9.17) is 16.3 Å². The van der Waals surface area contributed by atoms with Crippen LogP contribution in [0.1, 0.15) is 12.8 Å². The van der Waals surface area contributed by atoms with Gasteiger partial charge in [0.2, 0.25) is 10.0 Å². The van der Waals surface area contributed by atoms with E-state index in [2.05, 4.69) is 0 Å². The highest BCUT2D eigenvalue weighted by molar-refractivity contribution is 7.89. The van der Waals surface area contributed by atoms with Gasteiger partial charge in [0.1, 0.15) is 5.60 Å². The largest absolute Gasteiger partial charge is 0.441 e. The van der Waals surface area contributed by atoms with E-state index in [-0.39, 0.29) is 11.0 Å². The summed E-state index contributed by atoms with van der Waals surface area (Å²) < 4.78 is 33.4. The predicted octanol–water partition coefficient (Wildman–Crippen LogP) is 3.10. The molecule has 0 N–H and O–H groups in total. The van der Waals surface area contributed by atoms with Gasteiger partial charge in [0.05, 0.1) is 11.4 Å². The third-order valence-electron chi connectivity index (χ3n) is 5.20. The number of carbonyl (C=O) groups excluding carboxylic acids is 1. The summed E-state index contributed by atoms with van der Waals surface area (Å²) in [4.78, 5) is 13.5. The van der Waals surface area contributed by atoms with Crippen LogP contribution in [0.2, 0.25) is 5.02 Å². The molecule has 0 radical (unpaired) electrons. The van der Waals surface area contributed by atoms with E-state index in [9.17, 15) is 13.2 Å². The first-order valence-corrected chi connectivity index (χ1v) is 10.3. The zero-order valence-corrected chi connectivity index (χ0v) is 15.9. The molecule has 0 atom stereocenters. The molecule has 0 aromatic heterocycles. The molecule has 0 aliphatic carbocycles. The maximum Gasteiger partial charge on any atom is 0.410 e. The van der Waals surface area contributed by atoms with E-state index in [0.717, 1.165) is 5.39 Å². The summed E-state index contributed by atoms with van der Waals surface area (Å²) in [6.07, 6.45) is 0.645. The average Bonchev–Trinajstić information content (AvgIpc) is 2.88.